The summed E-state index contributed by atoms with van der Waals surface area (Å²) in [7, 11) is 2.04. The third-order valence-corrected chi connectivity index (χ3v) is 2.11. The Bertz CT molecular complexity index is 298. The van der Waals surface area contributed by atoms with Crippen LogP contribution in [0.5, 0.6) is 0 Å². The van der Waals surface area contributed by atoms with E-state index in [1.54, 1.807) is 0 Å². The molecule has 15 heavy (non-hydrogen) atoms. The van der Waals surface area contributed by atoms with Crippen LogP contribution in [0.25, 0.3) is 0 Å². The molecule has 0 atom stereocenters. The van der Waals surface area contributed by atoms with E-state index < -0.39 is 0 Å². The normalized spacial score (nSPS) is 10.7. The second-order valence-electron chi connectivity index (χ2n) is 3.11. The van der Waals surface area contributed by atoms with Crippen LogP contribution in [0.2, 0.25) is 5.28 Å². The maximum absolute atomic E-state index is 5.63. The molecule has 0 radical (unpaired) electrons. The Kier molecular flexibility index (Phi) is 4.51. The molecule has 0 aliphatic rings. The van der Waals surface area contributed by atoms with Crippen molar-refractivity contribution in [1.82, 2.24) is 19.9 Å². The summed E-state index contributed by atoms with van der Waals surface area (Å²) < 4.78 is 0. The van der Waals surface area contributed by atoms with Crippen molar-refractivity contribution >= 4 is 23.5 Å². The number of rotatable bonds is 5. The Labute approximate surface area is 93.9 Å². The van der Waals surface area contributed by atoms with Crippen LogP contribution in [0.1, 0.15) is 6.92 Å². The van der Waals surface area contributed by atoms with E-state index in [4.69, 9.17) is 17.3 Å². The van der Waals surface area contributed by atoms with Gasteiger partial charge in [0.15, 0.2) is 0 Å². The highest BCUT2D eigenvalue weighted by atomic mass is 35.5. The quantitative estimate of drug-likeness (QED) is 0.766. The lowest BCUT2D eigenvalue weighted by Crippen LogP contribution is -2.25. The van der Waals surface area contributed by atoms with Crippen LogP contribution in [-0.2, 0) is 0 Å². The molecule has 0 unspecified atom stereocenters. The molecule has 0 aromatic carbocycles. The Morgan fingerprint density at radius 1 is 1.40 bits per heavy atom. The zero-order chi connectivity index (χ0) is 11.3. The lowest BCUT2D eigenvalue weighted by atomic mass is 10.5. The summed E-state index contributed by atoms with van der Waals surface area (Å²) in [5.74, 6) is 0.540. The van der Waals surface area contributed by atoms with Crippen molar-refractivity contribution in [3.8, 4) is 0 Å². The molecule has 7 heteroatoms. The summed E-state index contributed by atoms with van der Waals surface area (Å²) in [5.41, 5.74) is 5.42. The minimum atomic E-state index is 0.105. The van der Waals surface area contributed by atoms with Gasteiger partial charge in [-0.2, -0.15) is 15.0 Å². The lowest BCUT2D eigenvalue weighted by Gasteiger charge is -2.13. The number of hydrogen-bond acceptors (Lipinski definition) is 6. The molecule has 0 saturated carbocycles. The van der Waals surface area contributed by atoms with Gasteiger partial charge < -0.3 is 16.0 Å². The number of hydrogen-bond donors (Lipinski definition) is 2. The summed E-state index contributed by atoms with van der Waals surface area (Å²) in [4.78, 5) is 13.6. The van der Waals surface area contributed by atoms with E-state index in [0.717, 1.165) is 19.6 Å². The van der Waals surface area contributed by atoms with Gasteiger partial charge in [-0.3, -0.25) is 0 Å². The van der Waals surface area contributed by atoms with Crippen molar-refractivity contribution in [3.63, 3.8) is 0 Å². The average Bonchev–Trinajstić information content (AvgIpc) is 2.16. The van der Waals surface area contributed by atoms with Crippen LogP contribution in [0, 0.1) is 0 Å². The molecule has 1 aromatic rings. The number of nitrogens with one attached hydrogen (secondary N) is 1. The number of halogens is 1. The highest BCUT2D eigenvalue weighted by Gasteiger charge is 2.01. The molecule has 0 aliphatic carbocycles. The Morgan fingerprint density at radius 2 is 2.13 bits per heavy atom. The number of likely N-dealkylation sites (N-methyl/N-ethyl adjacent to an activating group) is 1. The van der Waals surface area contributed by atoms with E-state index in [1.807, 2.05) is 7.05 Å². The fourth-order valence-corrected chi connectivity index (χ4v) is 1.13. The summed E-state index contributed by atoms with van der Waals surface area (Å²) >= 11 is 5.63. The SMILES string of the molecule is CCN(C)CCNc1nc(N)nc(Cl)n1. The van der Waals surface area contributed by atoms with E-state index in [9.17, 15) is 0 Å². The standard InChI is InChI=1S/C8H15ClN6/c1-3-15(2)5-4-11-8-13-6(9)12-7(10)14-8/h3-5H2,1-2H3,(H3,10,11,12,13,14). The van der Waals surface area contributed by atoms with Crippen LogP contribution < -0.4 is 11.1 Å². The molecule has 6 nitrogen and oxygen atoms in total. The average molecular weight is 231 g/mol. The monoisotopic (exact) mass is 230 g/mol. The topological polar surface area (TPSA) is 80.0 Å². The number of nitrogens with zero attached hydrogens (tertiary/aromatic N) is 4. The van der Waals surface area contributed by atoms with Gasteiger partial charge in [-0.1, -0.05) is 6.92 Å². The number of anilines is 2. The minimum absolute atomic E-state index is 0.105. The maximum Gasteiger partial charge on any atom is 0.228 e. The van der Waals surface area contributed by atoms with Crippen molar-refractivity contribution in [2.75, 3.05) is 37.7 Å². The van der Waals surface area contributed by atoms with Gasteiger partial charge in [0, 0.05) is 13.1 Å². The lowest BCUT2D eigenvalue weighted by molar-refractivity contribution is 0.367. The van der Waals surface area contributed by atoms with E-state index in [2.05, 4.69) is 32.1 Å². The maximum atomic E-state index is 5.63. The summed E-state index contributed by atoms with van der Waals surface area (Å²) in [6.07, 6.45) is 0. The first kappa shape index (κ1) is 11.9. The van der Waals surface area contributed by atoms with Gasteiger partial charge in [0.2, 0.25) is 17.2 Å². The van der Waals surface area contributed by atoms with Gasteiger partial charge in [-0.25, -0.2) is 0 Å². The molecule has 1 heterocycles. The Hall–Kier alpha value is -1.14. The molecule has 0 aliphatic heterocycles. The predicted molar refractivity (Wildman–Crippen MR) is 60.9 cm³/mol. The molecule has 0 fully saturated rings. The molecule has 84 valence electrons. The summed E-state index contributed by atoms with van der Waals surface area (Å²) in [6.45, 7) is 4.74. The molecule has 0 amide bonds. The predicted octanol–water partition coefficient (Wildman–Crippen LogP) is 0.471. The number of aromatic nitrogens is 3. The van der Waals surface area contributed by atoms with Gasteiger partial charge in [-0.05, 0) is 25.2 Å². The van der Waals surface area contributed by atoms with Crippen molar-refractivity contribution in [2.45, 2.75) is 6.92 Å². The molecule has 0 bridgehead atoms. The number of nitrogens with two attached hydrogens (primary N) is 1. The molecule has 0 spiro atoms. The highest BCUT2D eigenvalue weighted by molar-refractivity contribution is 6.28. The van der Waals surface area contributed by atoms with E-state index in [1.165, 1.54) is 0 Å². The Morgan fingerprint density at radius 3 is 2.73 bits per heavy atom. The second kappa shape index (κ2) is 5.67. The van der Waals surface area contributed by atoms with E-state index in [0.29, 0.717) is 5.95 Å². The zero-order valence-corrected chi connectivity index (χ0v) is 9.62. The first-order chi connectivity index (χ1) is 7.11. The van der Waals surface area contributed by atoms with Crippen molar-refractivity contribution in [1.29, 1.82) is 0 Å². The fraction of sp³-hybridized carbons (Fsp3) is 0.625. The third-order valence-electron chi connectivity index (χ3n) is 1.94. The van der Waals surface area contributed by atoms with Gasteiger partial charge in [0.05, 0.1) is 0 Å². The van der Waals surface area contributed by atoms with Crippen LogP contribution in [0.15, 0.2) is 0 Å². The van der Waals surface area contributed by atoms with E-state index >= 15 is 0 Å². The largest absolute Gasteiger partial charge is 0.368 e. The molecule has 1 aromatic heterocycles. The van der Waals surface area contributed by atoms with E-state index in [-0.39, 0.29) is 11.2 Å². The highest BCUT2D eigenvalue weighted by Crippen LogP contribution is 2.06. The molecular weight excluding hydrogens is 216 g/mol. The zero-order valence-electron chi connectivity index (χ0n) is 8.87. The van der Waals surface area contributed by atoms with Crippen molar-refractivity contribution in [3.05, 3.63) is 5.28 Å². The van der Waals surface area contributed by atoms with Gasteiger partial charge in [0.25, 0.3) is 0 Å². The van der Waals surface area contributed by atoms with Crippen LogP contribution in [0.4, 0.5) is 11.9 Å². The second-order valence-corrected chi connectivity index (χ2v) is 3.45. The minimum Gasteiger partial charge on any atom is -0.368 e. The molecule has 3 N–H and O–H groups in total. The first-order valence-corrected chi connectivity index (χ1v) is 5.09. The Balaban J connectivity index is 2.43. The molecule has 1 rings (SSSR count). The molecule has 0 saturated heterocycles. The first-order valence-electron chi connectivity index (χ1n) is 4.71. The van der Waals surface area contributed by atoms with Crippen molar-refractivity contribution < 1.29 is 0 Å². The van der Waals surface area contributed by atoms with Gasteiger partial charge >= 0.3 is 0 Å². The van der Waals surface area contributed by atoms with Crippen LogP contribution >= 0.6 is 11.6 Å². The summed E-state index contributed by atoms with van der Waals surface area (Å²) in [6, 6.07) is 0. The number of nitrogen functional groups attached to an aromatic ring is 1. The third kappa shape index (κ3) is 4.26. The van der Waals surface area contributed by atoms with Crippen molar-refractivity contribution in [2.24, 2.45) is 0 Å². The van der Waals surface area contributed by atoms with Crippen LogP contribution in [-0.4, -0.2) is 46.5 Å². The van der Waals surface area contributed by atoms with Gasteiger partial charge in [-0.15, -0.1) is 0 Å². The molecular formula is C8H15ClN6. The fourth-order valence-electron chi connectivity index (χ4n) is 0.961. The van der Waals surface area contributed by atoms with Gasteiger partial charge in [0.1, 0.15) is 0 Å². The summed E-state index contributed by atoms with van der Waals surface area (Å²) in [5, 5.41) is 3.13. The smallest absolute Gasteiger partial charge is 0.228 e. The van der Waals surface area contributed by atoms with Crippen LogP contribution in [0.3, 0.4) is 0 Å².